The average molecular weight is 406 g/mol. The second-order valence-corrected chi connectivity index (χ2v) is 8.12. The van der Waals surface area contributed by atoms with Crippen molar-refractivity contribution in [3.8, 4) is 0 Å². The molecule has 1 aliphatic carbocycles. The summed E-state index contributed by atoms with van der Waals surface area (Å²) in [5.74, 6) is -0.0644. The van der Waals surface area contributed by atoms with E-state index in [1.165, 1.54) is 33.1 Å². The number of nitrogens with one attached hydrogen (secondary N) is 3. The summed E-state index contributed by atoms with van der Waals surface area (Å²) in [6, 6.07) is 13.2. The van der Waals surface area contributed by atoms with Crippen LogP contribution in [0.2, 0.25) is 0 Å². The minimum atomic E-state index is -0.300. The second-order valence-electron chi connectivity index (χ2n) is 8.12. The fourth-order valence-corrected chi connectivity index (χ4v) is 4.55. The van der Waals surface area contributed by atoms with Crippen molar-refractivity contribution in [3.05, 3.63) is 48.0 Å². The van der Waals surface area contributed by atoms with Crippen LogP contribution in [-0.4, -0.2) is 30.3 Å². The quantitative estimate of drug-likeness (QED) is 0.704. The topological polar surface area (TPSA) is 90.5 Å². The maximum absolute atomic E-state index is 13.1. The highest BCUT2D eigenvalue weighted by molar-refractivity contribution is 6.08. The van der Waals surface area contributed by atoms with Gasteiger partial charge in [0.15, 0.2) is 0 Å². The highest BCUT2D eigenvalue weighted by Crippen LogP contribution is 2.42. The number of benzene rings is 2. The smallest absolute Gasteiger partial charge is 0.255 e. The number of piperidine rings is 1. The molecule has 0 radical (unpaired) electrons. The molecular formula is C23H26N4O3. The number of fused-ring (bicyclic) bond motifs is 2. The van der Waals surface area contributed by atoms with Gasteiger partial charge in [0.1, 0.15) is 0 Å². The zero-order valence-corrected chi connectivity index (χ0v) is 17.2. The monoisotopic (exact) mass is 406 g/mol. The molecule has 2 unspecified atom stereocenters. The summed E-state index contributed by atoms with van der Waals surface area (Å²) in [7, 11) is 0. The molecule has 1 heterocycles. The molecule has 2 aromatic carbocycles. The average Bonchev–Trinajstić information content (AvgIpc) is 3.30. The number of hydrogen-bond donors (Lipinski definition) is 3. The first-order valence-corrected chi connectivity index (χ1v) is 10.3. The lowest BCUT2D eigenvalue weighted by molar-refractivity contribution is -0.115. The molecule has 30 heavy (non-hydrogen) atoms. The van der Waals surface area contributed by atoms with Crippen LogP contribution in [0.15, 0.2) is 42.5 Å². The van der Waals surface area contributed by atoms with Gasteiger partial charge in [-0.1, -0.05) is 12.1 Å². The first-order chi connectivity index (χ1) is 14.4. The number of carbonyl (C=O) groups is 3. The highest BCUT2D eigenvalue weighted by Gasteiger charge is 2.38. The molecule has 156 valence electrons. The van der Waals surface area contributed by atoms with Crippen LogP contribution in [0.1, 0.15) is 43.5 Å². The van der Waals surface area contributed by atoms with Gasteiger partial charge < -0.3 is 20.9 Å². The standard InChI is InChI=1S/C23H26N4O3/c1-14(28)24-18-10-17(11-19(12-18)25-15(2)29)23(30)26-21-5-3-4-6-22(21)27-13-16-7-8-20(27)9-16/h3-6,10-12,16,20H,7-9,13H2,1-2H3,(H,24,28)(H,25,29)(H,26,30). The molecule has 3 amide bonds. The van der Waals surface area contributed by atoms with Gasteiger partial charge in [0, 0.05) is 43.4 Å². The Hall–Kier alpha value is -3.35. The van der Waals surface area contributed by atoms with Gasteiger partial charge >= 0.3 is 0 Å². The van der Waals surface area contributed by atoms with E-state index in [-0.39, 0.29) is 17.7 Å². The highest BCUT2D eigenvalue weighted by atomic mass is 16.2. The van der Waals surface area contributed by atoms with Crippen molar-refractivity contribution in [2.24, 2.45) is 5.92 Å². The van der Waals surface area contributed by atoms with E-state index < -0.39 is 0 Å². The maximum atomic E-state index is 13.1. The normalized spacial score (nSPS) is 19.5. The molecule has 2 bridgehead atoms. The van der Waals surface area contributed by atoms with Crippen LogP contribution in [0.4, 0.5) is 22.7 Å². The summed E-state index contributed by atoms with van der Waals surface area (Å²) in [4.78, 5) is 38.4. The zero-order chi connectivity index (χ0) is 21.3. The number of amides is 3. The lowest BCUT2D eigenvalue weighted by Crippen LogP contribution is -2.32. The van der Waals surface area contributed by atoms with Gasteiger partial charge in [-0.15, -0.1) is 0 Å². The number of hydrogen-bond acceptors (Lipinski definition) is 4. The molecular weight excluding hydrogens is 380 g/mol. The Morgan fingerprint density at radius 1 is 0.900 bits per heavy atom. The van der Waals surface area contributed by atoms with Gasteiger partial charge in [0.2, 0.25) is 11.8 Å². The SMILES string of the molecule is CC(=O)Nc1cc(NC(C)=O)cc(C(=O)Nc2ccccc2N2CC3CCC2C3)c1. The molecule has 3 N–H and O–H groups in total. The maximum Gasteiger partial charge on any atom is 0.255 e. The number of anilines is 4. The van der Waals surface area contributed by atoms with Crippen LogP contribution in [0.3, 0.4) is 0 Å². The molecule has 2 atom stereocenters. The predicted octanol–water partition coefficient (Wildman–Crippen LogP) is 3.84. The van der Waals surface area contributed by atoms with E-state index in [0.717, 1.165) is 23.8 Å². The third-order valence-electron chi connectivity index (χ3n) is 5.71. The minimum Gasteiger partial charge on any atom is -0.367 e. The summed E-state index contributed by atoms with van der Waals surface area (Å²) in [6.07, 6.45) is 3.71. The van der Waals surface area contributed by atoms with Crippen molar-refractivity contribution in [3.63, 3.8) is 0 Å². The lowest BCUT2D eigenvalue weighted by Gasteiger charge is -2.31. The lowest BCUT2D eigenvalue weighted by atomic mass is 10.1. The van der Waals surface area contributed by atoms with Crippen LogP contribution in [0, 0.1) is 5.92 Å². The Balaban J connectivity index is 1.60. The fourth-order valence-electron chi connectivity index (χ4n) is 4.55. The van der Waals surface area contributed by atoms with Crippen LogP contribution in [0.25, 0.3) is 0 Å². The number of nitrogens with zero attached hydrogens (tertiary/aromatic N) is 1. The van der Waals surface area contributed by atoms with Gasteiger partial charge in [-0.3, -0.25) is 14.4 Å². The van der Waals surface area contributed by atoms with Gasteiger partial charge in [-0.05, 0) is 55.5 Å². The number of para-hydroxylation sites is 2. The van der Waals surface area contributed by atoms with Crippen LogP contribution in [-0.2, 0) is 9.59 Å². The van der Waals surface area contributed by atoms with E-state index in [1.807, 2.05) is 24.3 Å². The van der Waals surface area contributed by atoms with E-state index in [0.29, 0.717) is 23.0 Å². The van der Waals surface area contributed by atoms with Crippen molar-refractivity contribution in [2.45, 2.75) is 39.2 Å². The molecule has 7 nitrogen and oxygen atoms in total. The summed E-state index contributed by atoms with van der Waals surface area (Å²) >= 11 is 0. The summed E-state index contributed by atoms with van der Waals surface area (Å²) in [5.41, 5.74) is 3.05. The molecule has 1 aliphatic heterocycles. The van der Waals surface area contributed by atoms with Crippen LogP contribution in [0.5, 0.6) is 0 Å². The van der Waals surface area contributed by atoms with Gasteiger partial charge in [-0.2, -0.15) is 0 Å². The molecule has 1 saturated carbocycles. The summed E-state index contributed by atoms with van der Waals surface area (Å²) in [6.45, 7) is 3.82. The molecule has 2 aromatic rings. The molecule has 7 heteroatoms. The molecule has 2 aliphatic rings. The predicted molar refractivity (Wildman–Crippen MR) is 118 cm³/mol. The van der Waals surface area contributed by atoms with E-state index in [1.54, 1.807) is 18.2 Å². The van der Waals surface area contributed by atoms with Crippen molar-refractivity contribution in [2.75, 3.05) is 27.4 Å². The summed E-state index contributed by atoms with van der Waals surface area (Å²) in [5, 5.41) is 8.37. The van der Waals surface area contributed by atoms with Crippen molar-refractivity contribution in [1.82, 2.24) is 0 Å². The van der Waals surface area contributed by atoms with E-state index in [2.05, 4.69) is 20.9 Å². The first kappa shape index (κ1) is 19.9. The molecule has 0 aromatic heterocycles. The third kappa shape index (κ3) is 4.30. The van der Waals surface area contributed by atoms with Crippen molar-refractivity contribution < 1.29 is 14.4 Å². The minimum absolute atomic E-state index is 0.254. The number of carbonyl (C=O) groups excluding carboxylic acids is 3. The van der Waals surface area contributed by atoms with Crippen molar-refractivity contribution >= 4 is 40.5 Å². The van der Waals surface area contributed by atoms with Crippen LogP contribution >= 0.6 is 0 Å². The fraction of sp³-hybridized carbons (Fsp3) is 0.348. The van der Waals surface area contributed by atoms with Gasteiger partial charge in [0.05, 0.1) is 11.4 Å². The Morgan fingerprint density at radius 3 is 2.13 bits per heavy atom. The Morgan fingerprint density at radius 2 is 1.57 bits per heavy atom. The van der Waals surface area contributed by atoms with Crippen molar-refractivity contribution in [1.29, 1.82) is 0 Å². The van der Waals surface area contributed by atoms with Gasteiger partial charge in [-0.25, -0.2) is 0 Å². The van der Waals surface area contributed by atoms with Crippen LogP contribution < -0.4 is 20.9 Å². The molecule has 2 fully saturated rings. The molecule has 0 spiro atoms. The first-order valence-electron chi connectivity index (χ1n) is 10.3. The second kappa shape index (κ2) is 8.18. The summed E-state index contributed by atoms with van der Waals surface area (Å²) < 4.78 is 0. The largest absolute Gasteiger partial charge is 0.367 e. The third-order valence-corrected chi connectivity index (χ3v) is 5.71. The van der Waals surface area contributed by atoms with E-state index in [9.17, 15) is 14.4 Å². The molecule has 1 saturated heterocycles. The van der Waals surface area contributed by atoms with E-state index >= 15 is 0 Å². The number of rotatable bonds is 5. The van der Waals surface area contributed by atoms with E-state index in [4.69, 9.17) is 0 Å². The molecule has 4 rings (SSSR count). The van der Waals surface area contributed by atoms with Gasteiger partial charge in [0.25, 0.3) is 5.91 Å². The zero-order valence-electron chi connectivity index (χ0n) is 17.2. The Labute approximate surface area is 175 Å². The Bertz CT molecular complexity index is 969. The Kier molecular flexibility index (Phi) is 5.44.